The van der Waals surface area contributed by atoms with Gasteiger partial charge in [-0.15, -0.1) is 0 Å². The molecule has 3 rings (SSSR count). The van der Waals surface area contributed by atoms with Crippen LogP contribution in [-0.2, 0) is 61.2 Å². The monoisotopic (exact) mass is 1480 g/mol. The minimum atomic E-state index is -5.75. The quantitative estimate of drug-likeness (QED) is 0.00673. The average Bonchev–Trinajstić information content (AvgIpc) is 0.761. The van der Waals surface area contributed by atoms with Crippen molar-refractivity contribution in [2.45, 2.75) is 395 Å². The highest BCUT2D eigenvalue weighted by atomic mass is 31.2. The standard InChI is InChI=1S/C77H137O24P/c1-4-7-10-13-16-19-22-25-28-29-32-34-37-40-43-46-49-52-62(80)94-57-60-65(83)67(85)72(90)77(98-60)100-74-70(88)68(86)69(87)73(99-76-71(89)66(84)64(82)59(54-78)97-76)75(74)101-102(91,92)95-56-58(96-63(81)53-50-47-44-41-38-35-31-27-24-21-18-15-12-9-6-3)55-93-61(79)51-48-45-42-39-36-33-30-26-23-20-17-14-11-8-5-2/h42,44-45,47-48,50-51,53,58-60,64-78,82-90H,4-41,43,46,49,52,54-57H2,1-3H3,(H,91,92)/b45-42+,47-44+,51-48+,53-50+. The summed E-state index contributed by atoms with van der Waals surface area (Å²) < 4.78 is 64.7. The van der Waals surface area contributed by atoms with Crippen LogP contribution in [0.2, 0.25) is 0 Å². The first-order chi connectivity index (χ1) is 49.3. The van der Waals surface area contributed by atoms with E-state index in [-0.39, 0.29) is 6.42 Å². The van der Waals surface area contributed by atoms with Crippen molar-refractivity contribution in [3.8, 4) is 0 Å². The van der Waals surface area contributed by atoms with Crippen LogP contribution in [0.15, 0.2) is 48.6 Å². The summed E-state index contributed by atoms with van der Waals surface area (Å²) >= 11 is 0. The molecule has 594 valence electrons. The first-order valence-corrected chi connectivity index (χ1v) is 41.0. The highest BCUT2D eigenvalue weighted by Gasteiger charge is 2.58. The Labute approximate surface area is 609 Å². The summed E-state index contributed by atoms with van der Waals surface area (Å²) in [6.45, 7) is 3.24. The van der Waals surface area contributed by atoms with Crippen LogP contribution in [-0.4, -0.2) is 204 Å². The molecule has 25 heteroatoms. The van der Waals surface area contributed by atoms with Gasteiger partial charge in [-0.1, -0.05) is 288 Å². The van der Waals surface area contributed by atoms with E-state index in [4.69, 9.17) is 42.2 Å². The third-order valence-electron chi connectivity index (χ3n) is 19.3. The van der Waals surface area contributed by atoms with Crippen LogP contribution in [0.5, 0.6) is 0 Å². The fourth-order valence-corrected chi connectivity index (χ4v) is 13.8. The van der Waals surface area contributed by atoms with E-state index in [1.165, 1.54) is 186 Å². The van der Waals surface area contributed by atoms with E-state index in [1.54, 1.807) is 12.2 Å². The summed E-state index contributed by atoms with van der Waals surface area (Å²) in [4.78, 5) is 50.8. The van der Waals surface area contributed by atoms with E-state index in [0.29, 0.717) is 6.42 Å². The molecule has 24 nitrogen and oxygen atoms in total. The normalized spacial score (nSPS) is 27.3. The molecule has 18 atom stereocenters. The van der Waals surface area contributed by atoms with Crippen LogP contribution >= 0.6 is 7.82 Å². The average molecular weight is 1480 g/mol. The van der Waals surface area contributed by atoms with E-state index in [9.17, 15) is 74.9 Å². The van der Waals surface area contributed by atoms with Crippen molar-refractivity contribution in [2.75, 3.05) is 26.4 Å². The van der Waals surface area contributed by atoms with E-state index in [0.717, 1.165) is 95.6 Å². The third kappa shape index (κ3) is 40.2. The topological polar surface area (TPSA) is 374 Å². The zero-order chi connectivity index (χ0) is 74.6. The number of esters is 3. The van der Waals surface area contributed by atoms with Crippen molar-refractivity contribution in [3.63, 3.8) is 0 Å². The van der Waals surface area contributed by atoms with E-state index in [1.807, 2.05) is 12.2 Å². The molecule has 0 aromatic heterocycles. The Morgan fingerprint density at radius 2 is 0.755 bits per heavy atom. The summed E-state index contributed by atoms with van der Waals surface area (Å²) in [5.41, 5.74) is 0. The van der Waals surface area contributed by atoms with Crippen molar-refractivity contribution < 1.29 is 117 Å². The molecule has 3 aliphatic rings. The molecule has 0 spiro atoms. The van der Waals surface area contributed by atoms with Gasteiger partial charge in [-0.2, -0.15) is 0 Å². The van der Waals surface area contributed by atoms with E-state index >= 15 is 0 Å². The van der Waals surface area contributed by atoms with Crippen molar-refractivity contribution in [3.05, 3.63) is 48.6 Å². The smallest absolute Gasteiger partial charge is 0.463 e. The molecule has 18 unspecified atom stereocenters. The predicted octanol–water partition coefficient (Wildman–Crippen LogP) is 11.6. The maximum Gasteiger partial charge on any atom is 0.472 e. The largest absolute Gasteiger partial charge is 0.472 e. The maximum absolute atomic E-state index is 14.3. The number of hydrogen-bond donors (Lipinski definition) is 11. The van der Waals surface area contributed by atoms with Crippen LogP contribution in [0.25, 0.3) is 0 Å². The van der Waals surface area contributed by atoms with Crippen molar-refractivity contribution in [2.24, 2.45) is 0 Å². The minimum Gasteiger partial charge on any atom is -0.463 e. The van der Waals surface area contributed by atoms with Gasteiger partial charge in [-0.3, -0.25) is 13.8 Å². The predicted molar refractivity (Wildman–Crippen MR) is 388 cm³/mol. The fourth-order valence-electron chi connectivity index (χ4n) is 12.9. The van der Waals surface area contributed by atoms with Crippen LogP contribution < -0.4 is 0 Å². The molecule has 1 saturated carbocycles. The minimum absolute atomic E-state index is 0.0242. The zero-order valence-electron chi connectivity index (χ0n) is 62.1. The third-order valence-corrected chi connectivity index (χ3v) is 20.3. The highest BCUT2D eigenvalue weighted by molar-refractivity contribution is 7.47. The number of phosphoric acid groups is 1. The molecule has 0 radical (unpaired) electrons. The molecule has 0 aromatic rings. The molecular formula is C77H137O24P. The Kier molecular flexibility index (Phi) is 53.0. The summed E-state index contributed by atoms with van der Waals surface area (Å²) in [6, 6.07) is 0. The Morgan fingerprint density at radius 3 is 1.16 bits per heavy atom. The molecule has 2 aliphatic heterocycles. The second-order valence-corrected chi connectivity index (χ2v) is 29.6. The fraction of sp³-hybridized carbons (Fsp3) is 0.857. The molecule has 0 amide bonds. The van der Waals surface area contributed by atoms with Gasteiger partial charge in [0.15, 0.2) is 18.7 Å². The van der Waals surface area contributed by atoms with Crippen LogP contribution in [0.1, 0.15) is 290 Å². The first kappa shape index (κ1) is 93.1. The lowest BCUT2D eigenvalue weighted by molar-refractivity contribution is -0.360. The van der Waals surface area contributed by atoms with Gasteiger partial charge >= 0.3 is 25.7 Å². The van der Waals surface area contributed by atoms with Gasteiger partial charge in [0.1, 0.15) is 98.7 Å². The summed E-state index contributed by atoms with van der Waals surface area (Å²) in [5, 5.41) is 110. The number of carbonyl (C=O) groups is 3. The van der Waals surface area contributed by atoms with Crippen molar-refractivity contribution in [1.29, 1.82) is 0 Å². The lowest BCUT2D eigenvalue weighted by atomic mass is 9.84. The van der Waals surface area contributed by atoms with E-state index < -0.39 is 156 Å². The molecule has 0 bridgehead atoms. The molecule has 0 aromatic carbocycles. The molecular weight excluding hydrogens is 1340 g/mol. The second-order valence-electron chi connectivity index (χ2n) is 28.2. The van der Waals surface area contributed by atoms with Gasteiger partial charge in [0.05, 0.1) is 13.2 Å². The molecule has 11 N–H and O–H groups in total. The van der Waals surface area contributed by atoms with Gasteiger partial charge in [0, 0.05) is 18.6 Å². The number of unbranched alkanes of at least 4 members (excludes halogenated alkanes) is 38. The highest BCUT2D eigenvalue weighted by Crippen LogP contribution is 2.49. The number of rotatable bonds is 61. The van der Waals surface area contributed by atoms with Gasteiger partial charge in [0.25, 0.3) is 0 Å². The maximum atomic E-state index is 14.3. The van der Waals surface area contributed by atoms with Gasteiger partial charge in [-0.25, -0.2) is 14.2 Å². The lowest BCUT2D eigenvalue weighted by Crippen LogP contribution is -2.69. The number of phosphoric ester groups is 1. The van der Waals surface area contributed by atoms with Gasteiger partial charge < -0.3 is 89.1 Å². The summed E-state index contributed by atoms with van der Waals surface area (Å²) in [5.74, 6) is -2.50. The molecule has 2 heterocycles. The number of allylic oxidation sites excluding steroid dienone is 6. The summed E-state index contributed by atoms with van der Waals surface area (Å²) in [6.07, 6.45) is 24.4. The SMILES string of the molecule is CCCCCCCCCCCCC/C=C/C=C/C(=O)OCC(COP(=O)(O)OC1C(OC2OC(CO)C(O)C(O)C2O)C(O)C(O)C(O)C1OC1OC(COC(=O)CCCCCCCCCCCCCCCCCCC)C(O)C(O)C1O)OC(=O)/C=C/C=C/CCCCCCCCCCCCC. The van der Waals surface area contributed by atoms with Crippen molar-refractivity contribution in [1.82, 2.24) is 0 Å². The van der Waals surface area contributed by atoms with Gasteiger partial charge in [-0.05, 0) is 32.1 Å². The Morgan fingerprint density at radius 1 is 0.402 bits per heavy atom. The van der Waals surface area contributed by atoms with Crippen LogP contribution in [0.4, 0.5) is 0 Å². The van der Waals surface area contributed by atoms with Crippen molar-refractivity contribution >= 4 is 25.7 Å². The van der Waals surface area contributed by atoms with Crippen LogP contribution in [0, 0.1) is 0 Å². The molecule has 2 saturated heterocycles. The zero-order valence-corrected chi connectivity index (χ0v) is 63.0. The van der Waals surface area contributed by atoms with Gasteiger partial charge in [0.2, 0.25) is 0 Å². The molecule has 1 aliphatic carbocycles. The Bertz CT molecular complexity index is 2290. The Balaban J connectivity index is 1.74. The van der Waals surface area contributed by atoms with E-state index in [2.05, 4.69) is 20.8 Å². The number of hydrogen-bond acceptors (Lipinski definition) is 23. The van der Waals surface area contributed by atoms with Crippen LogP contribution in [0.3, 0.4) is 0 Å². The molecule has 3 fully saturated rings. The lowest BCUT2D eigenvalue weighted by Gasteiger charge is -2.49. The number of aliphatic hydroxyl groups excluding tert-OH is 10. The summed E-state index contributed by atoms with van der Waals surface area (Å²) in [7, 11) is -5.75. The Hall–Kier alpha value is -3.08. The number of ether oxygens (including phenoxy) is 7. The first-order valence-electron chi connectivity index (χ1n) is 39.5. The second kappa shape index (κ2) is 58.0. The number of carbonyl (C=O) groups excluding carboxylic acids is 3. The molecule has 102 heavy (non-hydrogen) atoms. The number of aliphatic hydroxyl groups is 10.